The maximum absolute atomic E-state index is 8.96. The zero-order chi connectivity index (χ0) is 8.32. The van der Waals surface area contributed by atoms with Crippen LogP contribution in [0.5, 0.6) is 0 Å². The van der Waals surface area contributed by atoms with Gasteiger partial charge in [-0.05, 0) is 22.0 Å². The fourth-order valence-electron chi connectivity index (χ4n) is 1.04. The molecule has 1 rings (SSSR count). The van der Waals surface area contributed by atoms with Crippen molar-refractivity contribution in [2.45, 2.75) is 4.51 Å². The minimum atomic E-state index is -0.517. The molecule has 1 aliphatic rings. The molecule has 0 bridgehead atoms. The van der Waals surface area contributed by atoms with Gasteiger partial charge in [-0.2, -0.15) is 0 Å². The number of methoxy groups -OCH3 is 1. The lowest BCUT2D eigenvalue weighted by atomic mass is 9.98. The molecule has 0 heterocycles. The second-order valence-corrected chi connectivity index (χ2v) is 3.67. The zero-order valence-electron chi connectivity index (χ0n) is 6.33. The van der Waals surface area contributed by atoms with Gasteiger partial charge >= 0.3 is 0 Å². The fourth-order valence-corrected chi connectivity index (χ4v) is 1.49. The average molecular weight is 219 g/mol. The summed E-state index contributed by atoms with van der Waals surface area (Å²) in [6.45, 7) is 0.0833. The smallest absolute Gasteiger partial charge is 0.149 e. The lowest BCUT2D eigenvalue weighted by Crippen LogP contribution is -2.33. The van der Waals surface area contributed by atoms with E-state index in [1.165, 1.54) is 0 Å². The van der Waals surface area contributed by atoms with Gasteiger partial charge in [-0.3, -0.25) is 0 Å². The SMILES string of the molecule is COC1(Br)C=CC=CC1CO. The second-order valence-electron chi connectivity index (χ2n) is 2.43. The van der Waals surface area contributed by atoms with Crippen LogP contribution in [0.1, 0.15) is 0 Å². The van der Waals surface area contributed by atoms with Crippen LogP contribution in [0.25, 0.3) is 0 Å². The van der Waals surface area contributed by atoms with Crippen molar-refractivity contribution < 1.29 is 9.84 Å². The van der Waals surface area contributed by atoms with Gasteiger partial charge in [0.15, 0.2) is 0 Å². The van der Waals surface area contributed by atoms with Crippen molar-refractivity contribution in [3.8, 4) is 0 Å². The van der Waals surface area contributed by atoms with E-state index in [4.69, 9.17) is 9.84 Å². The predicted molar refractivity (Wildman–Crippen MR) is 47.5 cm³/mol. The second kappa shape index (κ2) is 3.52. The van der Waals surface area contributed by atoms with E-state index in [-0.39, 0.29) is 12.5 Å². The number of allylic oxidation sites excluding steroid dienone is 2. The lowest BCUT2D eigenvalue weighted by molar-refractivity contribution is 0.0563. The van der Waals surface area contributed by atoms with Gasteiger partial charge in [0, 0.05) is 13.0 Å². The van der Waals surface area contributed by atoms with Crippen molar-refractivity contribution in [3.63, 3.8) is 0 Å². The summed E-state index contributed by atoms with van der Waals surface area (Å²) in [6.07, 6.45) is 7.59. The zero-order valence-corrected chi connectivity index (χ0v) is 7.91. The van der Waals surface area contributed by atoms with Crippen molar-refractivity contribution >= 4 is 15.9 Å². The van der Waals surface area contributed by atoms with E-state index in [9.17, 15) is 0 Å². The molecule has 2 unspecified atom stereocenters. The molecule has 0 saturated carbocycles. The molecule has 0 fully saturated rings. The quantitative estimate of drug-likeness (QED) is 0.712. The Kier molecular flexibility index (Phi) is 2.87. The molecule has 2 atom stereocenters. The fraction of sp³-hybridized carbons (Fsp3) is 0.500. The number of alkyl halides is 1. The molecular weight excluding hydrogens is 208 g/mol. The monoisotopic (exact) mass is 218 g/mol. The number of rotatable bonds is 2. The van der Waals surface area contributed by atoms with Crippen molar-refractivity contribution in [1.82, 2.24) is 0 Å². The molecule has 0 aliphatic heterocycles. The molecule has 0 aromatic heterocycles. The van der Waals surface area contributed by atoms with E-state index in [0.29, 0.717) is 0 Å². The maximum atomic E-state index is 8.96. The molecular formula is C8H11BrO2. The topological polar surface area (TPSA) is 29.5 Å². The van der Waals surface area contributed by atoms with E-state index in [2.05, 4.69) is 15.9 Å². The average Bonchev–Trinajstić information content (AvgIpc) is 2.05. The van der Waals surface area contributed by atoms with Gasteiger partial charge in [-0.25, -0.2) is 0 Å². The Bertz CT molecular complexity index is 189. The molecule has 0 aromatic rings. The van der Waals surface area contributed by atoms with Gasteiger partial charge in [0.1, 0.15) is 4.51 Å². The van der Waals surface area contributed by atoms with Crippen LogP contribution in [0.3, 0.4) is 0 Å². The number of aliphatic hydroxyl groups excluding tert-OH is 1. The van der Waals surface area contributed by atoms with E-state index in [1.807, 2.05) is 24.3 Å². The maximum Gasteiger partial charge on any atom is 0.149 e. The highest BCUT2D eigenvalue weighted by Crippen LogP contribution is 2.33. The number of ether oxygens (including phenoxy) is 1. The Hall–Kier alpha value is -0.120. The number of hydrogen-bond acceptors (Lipinski definition) is 2. The molecule has 3 heteroatoms. The van der Waals surface area contributed by atoms with E-state index in [0.717, 1.165) is 0 Å². The molecule has 2 nitrogen and oxygen atoms in total. The number of halogens is 1. The van der Waals surface area contributed by atoms with Crippen LogP contribution in [-0.4, -0.2) is 23.3 Å². The van der Waals surface area contributed by atoms with Gasteiger partial charge in [0.25, 0.3) is 0 Å². The van der Waals surface area contributed by atoms with Crippen molar-refractivity contribution in [3.05, 3.63) is 24.3 Å². The molecule has 0 amide bonds. The highest BCUT2D eigenvalue weighted by atomic mass is 79.9. The third-order valence-corrected chi connectivity index (χ3v) is 2.97. The van der Waals surface area contributed by atoms with Crippen LogP contribution < -0.4 is 0 Å². The van der Waals surface area contributed by atoms with Gasteiger partial charge in [0.2, 0.25) is 0 Å². The standard InChI is InChI=1S/C8H11BrO2/c1-11-8(9)5-3-2-4-7(8)6-10/h2-5,7,10H,6H2,1H3. The molecule has 1 aliphatic carbocycles. The van der Waals surface area contributed by atoms with Crippen molar-refractivity contribution in [2.75, 3.05) is 13.7 Å². The predicted octanol–water partition coefficient (Wildman–Crippen LogP) is 1.46. The van der Waals surface area contributed by atoms with Crippen molar-refractivity contribution in [2.24, 2.45) is 5.92 Å². The Labute approximate surface area is 74.7 Å². The summed E-state index contributed by atoms with van der Waals surface area (Å²) in [6, 6.07) is 0. The van der Waals surface area contributed by atoms with Crippen molar-refractivity contribution in [1.29, 1.82) is 0 Å². The van der Waals surface area contributed by atoms with Crippen LogP contribution in [0.15, 0.2) is 24.3 Å². The summed E-state index contributed by atoms with van der Waals surface area (Å²) in [5.41, 5.74) is 0. The first-order valence-corrected chi connectivity index (χ1v) is 4.23. The van der Waals surface area contributed by atoms with Crippen LogP contribution in [0, 0.1) is 5.92 Å². The first-order chi connectivity index (χ1) is 5.23. The third kappa shape index (κ3) is 1.72. The molecule has 11 heavy (non-hydrogen) atoms. The number of hydrogen-bond donors (Lipinski definition) is 1. The van der Waals surface area contributed by atoms with Gasteiger partial charge in [0.05, 0.1) is 6.61 Å². The van der Waals surface area contributed by atoms with E-state index >= 15 is 0 Å². The Morgan fingerprint density at radius 1 is 1.64 bits per heavy atom. The minimum Gasteiger partial charge on any atom is -0.396 e. The van der Waals surface area contributed by atoms with Gasteiger partial charge in [-0.15, -0.1) is 0 Å². The Balaban J connectivity index is 2.77. The first kappa shape index (κ1) is 8.97. The van der Waals surface area contributed by atoms with Gasteiger partial charge in [-0.1, -0.05) is 18.2 Å². The van der Waals surface area contributed by atoms with Crippen LogP contribution >= 0.6 is 15.9 Å². The van der Waals surface area contributed by atoms with E-state index < -0.39 is 4.51 Å². The highest BCUT2D eigenvalue weighted by molar-refractivity contribution is 9.10. The summed E-state index contributed by atoms with van der Waals surface area (Å²) in [7, 11) is 1.61. The summed E-state index contributed by atoms with van der Waals surface area (Å²) in [5, 5.41) is 8.96. The largest absolute Gasteiger partial charge is 0.396 e. The molecule has 0 spiro atoms. The number of aliphatic hydroxyl groups is 1. The Morgan fingerprint density at radius 2 is 2.36 bits per heavy atom. The van der Waals surface area contributed by atoms with Crippen LogP contribution in [-0.2, 0) is 4.74 Å². The van der Waals surface area contributed by atoms with Crippen LogP contribution in [0.2, 0.25) is 0 Å². The Morgan fingerprint density at radius 3 is 2.82 bits per heavy atom. The summed E-state index contributed by atoms with van der Waals surface area (Å²) < 4.78 is 4.68. The van der Waals surface area contributed by atoms with Gasteiger partial charge < -0.3 is 9.84 Å². The summed E-state index contributed by atoms with van der Waals surface area (Å²) >= 11 is 3.40. The van der Waals surface area contributed by atoms with Crippen LogP contribution in [0.4, 0.5) is 0 Å². The highest BCUT2D eigenvalue weighted by Gasteiger charge is 2.32. The summed E-state index contributed by atoms with van der Waals surface area (Å²) in [4.78, 5) is 0. The first-order valence-electron chi connectivity index (χ1n) is 3.44. The normalized spacial score (nSPS) is 36.1. The molecule has 62 valence electrons. The molecule has 1 N–H and O–H groups in total. The molecule has 0 aromatic carbocycles. The minimum absolute atomic E-state index is 0.00231. The molecule has 0 radical (unpaired) electrons. The lowest BCUT2D eigenvalue weighted by Gasteiger charge is -2.30. The third-order valence-electron chi connectivity index (χ3n) is 1.79. The van der Waals surface area contributed by atoms with E-state index in [1.54, 1.807) is 7.11 Å². The molecule has 0 saturated heterocycles. The summed E-state index contributed by atoms with van der Waals surface area (Å²) in [5.74, 6) is -0.00231.